The quantitative estimate of drug-likeness (QED) is 0.901. The third-order valence-corrected chi connectivity index (χ3v) is 3.50. The molecule has 1 aromatic heterocycles. The van der Waals surface area contributed by atoms with Gasteiger partial charge in [0.2, 0.25) is 0 Å². The maximum atomic E-state index is 13.4. The van der Waals surface area contributed by atoms with Crippen molar-refractivity contribution in [3.05, 3.63) is 59.2 Å². The molecule has 1 heterocycles. The number of hydrogen-bond donors (Lipinski definition) is 2. The Bertz CT molecular complexity index is 673. The van der Waals surface area contributed by atoms with Gasteiger partial charge in [0.15, 0.2) is 0 Å². The van der Waals surface area contributed by atoms with Crippen LogP contribution in [0.3, 0.4) is 0 Å². The summed E-state index contributed by atoms with van der Waals surface area (Å²) in [5.74, 6) is -2.00. The Balaban J connectivity index is 1.86. The average Bonchev–Trinajstić information content (AvgIpc) is 2.84. The van der Waals surface area contributed by atoms with Crippen molar-refractivity contribution in [2.75, 3.05) is 5.32 Å². The van der Waals surface area contributed by atoms with E-state index in [0.29, 0.717) is 5.69 Å². The SMILES string of the molecule is O=C(O)c1cc(NC2CCc3cccnc32)ccc1F. The second-order valence-corrected chi connectivity index (χ2v) is 4.78. The molecule has 1 aliphatic carbocycles. The van der Waals surface area contributed by atoms with Gasteiger partial charge >= 0.3 is 5.97 Å². The number of aromatic carboxylic acids is 1. The summed E-state index contributed by atoms with van der Waals surface area (Å²) in [6.45, 7) is 0. The van der Waals surface area contributed by atoms with Crippen molar-refractivity contribution in [1.29, 1.82) is 0 Å². The molecule has 0 radical (unpaired) electrons. The molecule has 0 bridgehead atoms. The molecule has 0 saturated carbocycles. The Morgan fingerprint density at radius 2 is 2.25 bits per heavy atom. The Labute approximate surface area is 115 Å². The highest BCUT2D eigenvalue weighted by Crippen LogP contribution is 2.32. The molecule has 0 amide bonds. The molecule has 3 rings (SSSR count). The third-order valence-electron chi connectivity index (χ3n) is 3.50. The predicted octanol–water partition coefficient (Wildman–Crippen LogP) is 3.02. The van der Waals surface area contributed by atoms with Gasteiger partial charge in [0.05, 0.1) is 17.3 Å². The molecule has 1 atom stereocenters. The summed E-state index contributed by atoms with van der Waals surface area (Å²) in [6, 6.07) is 8.01. The summed E-state index contributed by atoms with van der Waals surface area (Å²) in [6.07, 6.45) is 3.58. The molecular formula is C15H13FN2O2. The van der Waals surface area contributed by atoms with Crippen molar-refractivity contribution in [1.82, 2.24) is 4.98 Å². The van der Waals surface area contributed by atoms with Gasteiger partial charge in [-0.2, -0.15) is 0 Å². The second-order valence-electron chi connectivity index (χ2n) is 4.78. The van der Waals surface area contributed by atoms with Crippen LogP contribution >= 0.6 is 0 Å². The minimum Gasteiger partial charge on any atom is -0.478 e. The zero-order chi connectivity index (χ0) is 14.1. The van der Waals surface area contributed by atoms with E-state index in [1.54, 1.807) is 12.3 Å². The number of pyridine rings is 1. The van der Waals surface area contributed by atoms with Crippen LogP contribution in [0.4, 0.5) is 10.1 Å². The first-order chi connectivity index (χ1) is 9.65. The summed E-state index contributed by atoms with van der Waals surface area (Å²) in [7, 11) is 0. The van der Waals surface area contributed by atoms with Crippen LogP contribution in [0.25, 0.3) is 0 Å². The highest BCUT2D eigenvalue weighted by molar-refractivity contribution is 5.89. The van der Waals surface area contributed by atoms with E-state index < -0.39 is 11.8 Å². The number of aromatic nitrogens is 1. The Kier molecular flexibility index (Phi) is 3.10. The summed E-state index contributed by atoms with van der Waals surface area (Å²) in [4.78, 5) is 15.3. The van der Waals surface area contributed by atoms with Gasteiger partial charge in [-0.1, -0.05) is 6.07 Å². The number of carboxylic acids is 1. The van der Waals surface area contributed by atoms with Gasteiger partial charge in [0.1, 0.15) is 5.82 Å². The van der Waals surface area contributed by atoms with E-state index in [1.807, 2.05) is 12.1 Å². The molecular weight excluding hydrogens is 259 g/mol. The standard InChI is InChI=1S/C15H13FN2O2/c16-12-5-4-10(8-11(12)15(19)20)18-13-6-3-9-2-1-7-17-14(9)13/h1-2,4-5,7-8,13,18H,3,6H2,(H,19,20). The van der Waals surface area contributed by atoms with Crippen molar-refractivity contribution in [2.45, 2.75) is 18.9 Å². The number of carbonyl (C=O) groups is 1. The lowest BCUT2D eigenvalue weighted by atomic mass is 10.1. The largest absolute Gasteiger partial charge is 0.478 e. The number of nitrogens with one attached hydrogen (secondary N) is 1. The highest BCUT2D eigenvalue weighted by Gasteiger charge is 2.23. The number of hydrogen-bond acceptors (Lipinski definition) is 3. The average molecular weight is 272 g/mol. The maximum Gasteiger partial charge on any atom is 0.338 e. The van der Waals surface area contributed by atoms with Gasteiger partial charge in [0, 0.05) is 11.9 Å². The maximum absolute atomic E-state index is 13.4. The third kappa shape index (κ3) is 2.22. The number of halogens is 1. The monoisotopic (exact) mass is 272 g/mol. The topological polar surface area (TPSA) is 62.2 Å². The second kappa shape index (κ2) is 4.92. The number of rotatable bonds is 3. The van der Waals surface area contributed by atoms with Crippen molar-refractivity contribution in [2.24, 2.45) is 0 Å². The number of fused-ring (bicyclic) bond motifs is 1. The Hall–Kier alpha value is -2.43. The fourth-order valence-electron chi connectivity index (χ4n) is 2.53. The number of nitrogens with zero attached hydrogens (tertiary/aromatic N) is 1. The van der Waals surface area contributed by atoms with Gasteiger partial charge in [-0.3, -0.25) is 4.98 Å². The van der Waals surface area contributed by atoms with Gasteiger partial charge < -0.3 is 10.4 Å². The van der Waals surface area contributed by atoms with Gasteiger partial charge in [-0.05, 0) is 42.7 Å². The number of carboxylic acid groups (broad SMARTS) is 1. The minimum atomic E-state index is -1.27. The van der Waals surface area contributed by atoms with Crippen LogP contribution in [0.1, 0.15) is 34.1 Å². The van der Waals surface area contributed by atoms with Crippen LogP contribution in [0, 0.1) is 5.82 Å². The highest BCUT2D eigenvalue weighted by atomic mass is 19.1. The Morgan fingerprint density at radius 3 is 3.05 bits per heavy atom. The van der Waals surface area contributed by atoms with Gasteiger partial charge in [-0.25, -0.2) is 9.18 Å². The van der Waals surface area contributed by atoms with Gasteiger partial charge in [-0.15, -0.1) is 0 Å². The number of anilines is 1. The molecule has 4 nitrogen and oxygen atoms in total. The molecule has 1 aromatic carbocycles. The molecule has 2 N–H and O–H groups in total. The zero-order valence-electron chi connectivity index (χ0n) is 10.6. The van der Waals surface area contributed by atoms with E-state index in [2.05, 4.69) is 10.3 Å². The van der Waals surface area contributed by atoms with Crippen LogP contribution in [0.2, 0.25) is 0 Å². The molecule has 0 aliphatic heterocycles. The van der Waals surface area contributed by atoms with E-state index in [-0.39, 0.29) is 11.6 Å². The molecule has 1 aliphatic rings. The molecule has 102 valence electrons. The smallest absolute Gasteiger partial charge is 0.338 e. The fraction of sp³-hybridized carbons (Fsp3) is 0.200. The first-order valence-electron chi connectivity index (χ1n) is 6.38. The van der Waals surface area contributed by atoms with E-state index in [9.17, 15) is 9.18 Å². The molecule has 20 heavy (non-hydrogen) atoms. The first-order valence-corrected chi connectivity index (χ1v) is 6.38. The fourth-order valence-corrected chi connectivity index (χ4v) is 2.53. The van der Waals surface area contributed by atoms with E-state index >= 15 is 0 Å². The molecule has 1 unspecified atom stereocenters. The van der Waals surface area contributed by atoms with Crippen LogP contribution in [-0.2, 0) is 6.42 Å². The van der Waals surface area contributed by atoms with Crippen molar-refractivity contribution >= 4 is 11.7 Å². The zero-order valence-corrected chi connectivity index (χ0v) is 10.6. The summed E-state index contributed by atoms with van der Waals surface area (Å²) >= 11 is 0. The van der Waals surface area contributed by atoms with Crippen LogP contribution in [0.15, 0.2) is 36.5 Å². The number of benzene rings is 1. The minimum absolute atomic E-state index is 0.0401. The number of aryl methyl sites for hydroxylation is 1. The van der Waals surface area contributed by atoms with Crippen molar-refractivity contribution in [3.8, 4) is 0 Å². The molecule has 0 spiro atoms. The van der Waals surface area contributed by atoms with E-state index in [1.165, 1.54) is 17.7 Å². The summed E-state index contributed by atoms with van der Waals surface area (Å²) < 4.78 is 13.4. The molecule has 0 saturated heterocycles. The Morgan fingerprint density at radius 1 is 1.40 bits per heavy atom. The van der Waals surface area contributed by atoms with Gasteiger partial charge in [0.25, 0.3) is 0 Å². The van der Waals surface area contributed by atoms with Crippen LogP contribution < -0.4 is 5.32 Å². The lowest BCUT2D eigenvalue weighted by molar-refractivity contribution is 0.0692. The lowest BCUT2D eigenvalue weighted by Gasteiger charge is -2.15. The molecule has 0 fully saturated rings. The molecule has 5 heteroatoms. The lowest BCUT2D eigenvalue weighted by Crippen LogP contribution is -2.10. The van der Waals surface area contributed by atoms with Crippen molar-refractivity contribution in [3.63, 3.8) is 0 Å². The normalized spacial score (nSPS) is 16.8. The van der Waals surface area contributed by atoms with Crippen LogP contribution in [-0.4, -0.2) is 16.1 Å². The summed E-state index contributed by atoms with van der Waals surface area (Å²) in [5, 5.41) is 12.2. The first kappa shape index (κ1) is 12.6. The van der Waals surface area contributed by atoms with Crippen molar-refractivity contribution < 1.29 is 14.3 Å². The summed E-state index contributed by atoms with van der Waals surface area (Å²) in [5.41, 5.74) is 2.45. The van der Waals surface area contributed by atoms with E-state index in [0.717, 1.165) is 18.5 Å². The van der Waals surface area contributed by atoms with Crippen LogP contribution in [0.5, 0.6) is 0 Å². The predicted molar refractivity (Wildman–Crippen MR) is 72.3 cm³/mol. The molecule has 2 aromatic rings. The van der Waals surface area contributed by atoms with E-state index in [4.69, 9.17) is 5.11 Å².